The summed E-state index contributed by atoms with van der Waals surface area (Å²) in [6, 6.07) is 8.88. The van der Waals surface area contributed by atoms with E-state index in [-0.39, 0.29) is 5.97 Å². The molecule has 3 heteroatoms. The van der Waals surface area contributed by atoms with Crippen molar-refractivity contribution in [3.63, 3.8) is 0 Å². The fourth-order valence-electron chi connectivity index (χ4n) is 2.62. The molecule has 0 radical (unpaired) electrons. The zero-order valence-electron chi connectivity index (χ0n) is 13.9. The van der Waals surface area contributed by atoms with E-state index in [1.807, 2.05) is 6.92 Å². The highest BCUT2D eigenvalue weighted by Crippen LogP contribution is 2.23. The molecule has 1 rings (SSSR count). The Labute approximate surface area is 149 Å². The van der Waals surface area contributed by atoms with Crippen LogP contribution in [0, 0.1) is 3.57 Å². The number of halogens is 1. The minimum atomic E-state index is -0.0474. The van der Waals surface area contributed by atoms with Gasteiger partial charge in [0.1, 0.15) is 0 Å². The number of rotatable bonds is 11. The molecule has 2 nitrogen and oxygen atoms in total. The highest BCUT2D eigenvalue weighted by Gasteiger charge is 2.05. The summed E-state index contributed by atoms with van der Waals surface area (Å²) in [6.45, 7) is 4.67. The molecule has 0 saturated heterocycles. The van der Waals surface area contributed by atoms with Crippen LogP contribution >= 0.6 is 22.6 Å². The van der Waals surface area contributed by atoms with Crippen LogP contribution < -0.4 is 0 Å². The summed E-state index contributed by atoms with van der Waals surface area (Å²) < 4.78 is 6.23. The first kappa shape index (κ1) is 19.5. The number of hydrogen-bond acceptors (Lipinski definition) is 2. The van der Waals surface area contributed by atoms with E-state index in [1.165, 1.54) is 41.2 Å². The molecule has 0 saturated carbocycles. The second-order valence-corrected chi connectivity index (χ2v) is 7.16. The minimum Gasteiger partial charge on any atom is -0.466 e. The van der Waals surface area contributed by atoms with Gasteiger partial charge < -0.3 is 4.74 Å². The van der Waals surface area contributed by atoms with Crippen molar-refractivity contribution in [1.29, 1.82) is 0 Å². The number of hydrogen-bond donors (Lipinski definition) is 0. The van der Waals surface area contributed by atoms with Crippen LogP contribution in [0.15, 0.2) is 24.3 Å². The summed E-state index contributed by atoms with van der Waals surface area (Å²) in [7, 11) is 0. The molecular formula is C19H29IO2. The maximum atomic E-state index is 11.2. The van der Waals surface area contributed by atoms with Crippen LogP contribution in [-0.2, 0) is 9.53 Å². The summed E-state index contributed by atoms with van der Waals surface area (Å²) in [4.78, 5) is 11.2. The Bertz CT molecular complexity index is 414. The molecule has 22 heavy (non-hydrogen) atoms. The Hall–Kier alpha value is -0.580. The average molecular weight is 416 g/mol. The molecule has 0 aliphatic heterocycles. The maximum absolute atomic E-state index is 11.2. The summed E-state index contributed by atoms with van der Waals surface area (Å²) in [5.74, 6) is 0.606. The first-order valence-corrected chi connectivity index (χ1v) is 9.62. The quantitative estimate of drug-likeness (QED) is 0.248. The Kier molecular flexibility index (Phi) is 10.5. The summed E-state index contributed by atoms with van der Waals surface area (Å²) in [5.41, 5.74) is 1.45. The van der Waals surface area contributed by atoms with Crippen molar-refractivity contribution in [2.24, 2.45) is 0 Å². The fraction of sp³-hybridized carbons (Fsp3) is 0.632. The second kappa shape index (κ2) is 11.9. The highest BCUT2D eigenvalue weighted by atomic mass is 127. The molecule has 1 aromatic rings. The van der Waals surface area contributed by atoms with Crippen LogP contribution in [0.3, 0.4) is 0 Å². The molecule has 0 spiro atoms. The van der Waals surface area contributed by atoms with Crippen LogP contribution in [0.25, 0.3) is 0 Å². The van der Waals surface area contributed by atoms with E-state index in [0.29, 0.717) is 18.9 Å². The van der Waals surface area contributed by atoms with Crippen LogP contribution in [0.1, 0.15) is 76.7 Å². The lowest BCUT2D eigenvalue weighted by Gasteiger charge is -2.11. The second-order valence-electron chi connectivity index (χ2n) is 5.92. The molecule has 124 valence electrons. The van der Waals surface area contributed by atoms with E-state index in [0.717, 1.165) is 12.8 Å². The molecule has 0 aliphatic rings. The van der Waals surface area contributed by atoms with Crippen molar-refractivity contribution in [3.05, 3.63) is 33.4 Å². The van der Waals surface area contributed by atoms with Crippen molar-refractivity contribution >= 4 is 28.6 Å². The highest BCUT2D eigenvalue weighted by molar-refractivity contribution is 14.1. The minimum absolute atomic E-state index is 0.0474. The third-order valence-electron chi connectivity index (χ3n) is 4.01. The Morgan fingerprint density at radius 3 is 2.27 bits per heavy atom. The van der Waals surface area contributed by atoms with E-state index in [4.69, 9.17) is 4.74 Å². The van der Waals surface area contributed by atoms with E-state index < -0.39 is 0 Å². The van der Waals surface area contributed by atoms with E-state index in [2.05, 4.69) is 53.8 Å². The normalized spacial score (nSPS) is 12.1. The van der Waals surface area contributed by atoms with Gasteiger partial charge in [0.25, 0.3) is 0 Å². The third kappa shape index (κ3) is 8.76. The molecule has 1 aromatic carbocycles. The molecular weight excluding hydrogens is 387 g/mol. The number of unbranched alkanes of at least 4 members (excludes halogenated alkanes) is 5. The van der Waals surface area contributed by atoms with Crippen molar-refractivity contribution in [1.82, 2.24) is 0 Å². The van der Waals surface area contributed by atoms with Crippen LogP contribution in [-0.4, -0.2) is 12.6 Å². The van der Waals surface area contributed by atoms with Gasteiger partial charge in [0.05, 0.1) is 6.61 Å². The summed E-state index contributed by atoms with van der Waals surface area (Å²) in [5, 5.41) is 0. The van der Waals surface area contributed by atoms with Gasteiger partial charge in [-0.2, -0.15) is 0 Å². The maximum Gasteiger partial charge on any atom is 0.305 e. The topological polar surface area (TPSA) is 26.3 Å². The van der Waals surface area contributed by atoms with E-state index in [9.17, 15) is 4.79 Å². The lowest BCUT2D eigenvalue weighted by Crippen LogP contribution is -2.03. The molecule has 0 unspecified atom stereocenters. The SMILES string of the molecule is CCOC(=O)CCCCCCCC[C@H](C)c1ccc(I)cc1. The molecule has 0 aliphatic carbocycles. The Morgan fingerprint density at radius 1 is 1.05 bits per heavy atom. The van der Waals surface area contributed by atoms with Gasteiger partial charge in [0, 0.05) is 9.99 Å². The zero-order valence-corrected chi connectivity index (χ0v) is 16.1. The van der Waals surface area contributed by atoms with Gasteiger partial charge in [-0.25, -0.2) is 0 Å². The van der Waals surface area contributed by atoms with Gasteiger partial charge in [-0.1, -0.05) is 51.2 Å². The number of carbonyl (C=O) groups excluding carboxylic acids is 1. The van der Waals surface area contributed by atoms with E-state index in [1.54, 1.807) is 0 Å². The van der Waals surface area contributed by atoms with E-state index >= 15 is 0 Å². The third-order valence-corrected chi connectivity index (χ3v) is 4.73. The predicted molar refractivity (Wildman–Crippen MR) is 101 cm³/mol. The fourth-order valence-corrected chi connectivity index (χ4v) is 2.98. The lowest BCUT2D eigenvalue weighted by molar-refractivity contribution is -0.143. The first-order chi connectivity index (χ1) is 10.6. The average Bonchev–Trinajstić information content (AvgIpc) is 2.50. The monoisotopic (exact) mass is 416 g/mol. The first-order valence-electron chi connectivity index (χ1n) is 8.54. The summed E-state index contributed by atoms with van der Waals surface area (Å²) in [6.07, 6.45) is 9.07. The molecule has 0 fully saturated rings. The number of esters is 1. The number of carbonyl (C=O) groups is 1. The van der Waals surface area contributed by atoms with Gasteiger partial charge in [-0.05, 0) is 66.0 Å². The van der Waals surface area contributed by atoms with Crippen LogP contribution in [0.4, 0.5) is 0 Å². The molecule has 0 N–H and O–H groups in total. The molecule has 1 atom stereocenters. The van der Waals surface area contributed by atoms with Crippen molar-refractivity contribution in [2.45, 2.75) is 71.1 Å². The molecule has 0 amide bonds. The lowest BCUT2D eigenvalue weighted by atomic mass is 9.95. The smallest absolute Gasteiger partial charge is 0.305 e. The van der Waals surface area contributed by atoms with Gasteiger partial charge in [-0.3, -0.25) is 4.79 Å². The molecule has 0 bridgehead atoms. The number of benzene rings is 1. The summed E-state index contributed by atoms with van der Waals surface area (Å²) >= 11 is 2.35. The van der Waals surface area contributed by atoms with Crippen molar-refractivity contribution < 1.29 is 9.53 Å². The van der Waals surface area contributed by atoms with Gasteiger partial charge >= 0.3 is 5.97 Å². The van der Waals surface area contributed by atoms with Gasteiger partial charge in [-0.15, -0.1) is 0 Å². The molecule has 0 heterocycles. The Morgan fingerprint density at radius 2 is 1.64 bits per heavy atom. The van der Waals surface area contributed by atoms with Crippen LogP contribution in [0.5, 0.6) is 0 Å². The number of ether oxygens (including phenoxy) is 1. The Balaban J connectivity index is 1.99. The van der Waals surface area contributed by atoms with Gasteiger partial charge in [0.2, 0.25) is 0 Å². The molecule has 0 aromatic heterocycles. The standard InChI is InChI=1S/C19H29IO2/c1-3-22-19(21)11-9-7-5-4-6-8-10-16(2)17-12-14-18(20)15-13-17/h12-16H,3-11H2,1-2H3/t16-/m0/s1. The van der Waals surface area contributed by atoms with Crippen LogP contribution in [0.2, 0.25) is 0 Å². The van der Waals surface area contributed by atoms with Crippen molar-refractivity contribution in [3.8, 4) is 0 Å². The van der Waals surface area contributed by atoms with Gasteiger partial charge in [0.15, 0.2) is 0 Å². The largest absolute Gasteiger partial charge is 0.466 e. The zero-order chi connectivity index (χ0) is 16.2. The predicted octanol–water partition coefficient (Wildman–Crippen LogP) is 6.08. The van der Waals surface area contributed by atoms with Crippen molar-refractivity contribution in [2.75, 3.05) is 6.61 Å².